The Morgan fingerprint density at radius 2 is 1.86 bits per heavy atom. The number of hydrogen-bond donors (Lipinski definition) is 1. The van der Waals surface area contributed by atoms with Crippen molar-refractivity contribution in [3.05, 3.63) is 59.4 Å². The Labute approximate surface area is 212 Å². The van der Waals surface area contributed by atoms with E-state index in [0.717, 1.165) is 24.2 Å². The van der Waals surface area contributed by atoms with Crippen LogP contribution >= 0.6 is 0 Å². The number of likely N-dealkylation sites (N-methyl/N-ethyl adjacent to an activating group) is 1. The number of aliphatic hydroxyl groups excluding tert-OH is 1. The lowest BCUT2D eigenvalue weighted by Gasteiger charge is -2.43. The molecule has 8 nitrogen and oxygen atoms in total. The number of nitrogens with zero attached hydrogens (tertiary/aromatic N) is 3. The second kappa shape index (κ2) is 12.0. The number of rotatable bonds is 9. The number of hydrogen-bond acceptors (Lipinski definition) is 7. The maximum Gasteiger partial charge on any atom is 0.225 e. The van der Waals surface area contributed by atoms with Crippen molar-refractivity contribution in [2.75, 3.05) is 66.6 Å². The number of carbonyl (C=O) groups excluding carboxylic acids is 1. The van der Waals surface area contributed by atoms with Crippen LogP contribution in [0.25, 0.3) is 0 Å². The number of amides is 1. The first-order valence-electron chi connectivity index (χ1n) is 12.4. The van der Waals surface area contributed by atoms with Crippen LogP contribution in [0.1, 0.15) is 17.5 Å². The van der Waals surface area contributed by atoms with E-state index in [4.69, 9.17) is 14.2 Å². The number of carbonyl (C=O) groups is 1. The molecule has 2 aromatic carbocycles. The van der Waals surface area contributed by atoms with Gasteiger partial charge in [-0.3, -0.25) is 9.69 Å². The third-order valence-electron chi connectivity index (χ3n) is 6.89. The van der Waals surface area contributed by atoms with Gasteiger partial charge in [-0.1, -0.05) is 6.07 Å². The van der Waals surface area contributed by atoms with Gasteiger partial charge < -0.3 is 29.1 Å². The number of halogens is 1. The molecule has 0 radical (unpaired) electrons. The summed E-state index contributed by atoms with van der Waals surface area (Å²) < 4.78 is 31.0. The molecule has 2 aliphatic rings. The van der Waals surface area contributed by atoms with E-state index in [1.165, 1.54) is 12.1 Å². The number of benzene rings is 2. The standard InChI is InChI=1S/C27H36FN3O5/c1-29-9-11-31(12-10-29)26(33)16-27(20-35-24-6-4-23(28)5-7-24)19-30(13-14-36-27)17-21-3-8-25(34-2)22(15-21)18-32/h3-8,15,32H,9-14,16-20H2,1-2H3/t27-/m0/s1. The molecule has 2 aliphatic heterocycles. The largest absolute Gasteiger partial charge is 0.496 e. The van der Waals surface area contributed by atoms with Crippen LogP contribution in [0, 0.1) is 5.82 Å². The molecule has 36 heavy (non-hydrogen) atoms. The van der Waals surface area contributed by atoms with Gasteiger partial charge in [-0.05, 0) is 49.0 Å². The molecule has 2 aromatic rings. The average molecular weight is 502 g/mol. The van der Waals surface area contributed by atoms with Crippen LogP contribution in [0.3, 0.4) is 0 Å². The number of ether oxygens (including phenoxy) is 3. The Hall–Kier alpha value is -2.72. The molecule has 0 aromatic heterocycles. The molecule has 0 spiro atoms. The molecule has 0 saturated carbocycles. The molecule has 0 aliphatic carbocycles. The Balaban J connectivity index is 1.49. The summed E-state index contributed by atoms with van der Waals surface area (Å²) >= 11 is 0. The smallest absolute Gasteiger partial charge is 0.225 e. The SMILES string of the molecule is COc1ccc(CN2CCO[C@@](COc3ccc(F)cc3)(CC(=O)N3CCN(C)CC3)C2)cc1CO. The molecule has 196 valence electrons. The highest BCUT2D eigenvalue weighted by atomic mass is 19.1. The maximum atomic E-state index is 13.4. The number of aliphatic hydroxyl groups is 1. The van der Waals surface area contributed by atoms with Crippen LogP contribution in [0.5, 0.6) is 11.5 Å². The van der Waals surface area contributed by atoms with E-state index < -0.39 is 5.60 Å². The second-order valence-corrected chi connectivity index (χ2v) is 9.65. The van der Waals surface area contributed by atoms with Gasteiger partial charge in [0.15, 0.2) is 0 Å². The highest BCUT2D eigenvalue weighted by Gasteiger charge is 2.41. The van der Waals surface area contributed by atoms with E-state index in [-0.39, 0.29) is 31.4 Å². The van der Waals surface area contributed by atoms with Gasteiger partial charge in [0.25, 0.3) is 0 Å². The molecular weight excluding hydrogens is 465 g/mol. The second-order valence-electron chi connectivity index (χ2n) is 9.65. The van der Waals surface area contributed by atoms with Gasteiger partial charge in [0.05, 0.1) is 26.7 Å². The first-order valence-corrected chi connectivity index (χ1v) is 12.4. The normalized spacial score (nSPS) is 21.4. The Morgan fingerprint density at radius 3 is 2.56 bits per heavy atom. The number of methoxy groups -OCH3 is 1. The predicted molar refractivity (Wildman–Crippen MR) is 133 cm³/mol. The lowest BCUT2D eigenvalue weighted by molar-refractivity contribution is -0.157. The van der Waals surface area contributed by atoms with Crippen LogP contribution in [-0.4, -0.2) is 98.0 Å². The van der Waals surface area contributed by atoms with Gasteiger partial charge in [-0.15, -0.1) is 0 Å². The minimum atomic E-state index is -0.834. The summed E-state index contributed by atoms with van der Waals surface area (Å²) in [6.07, 6.45) is 0.207. The predicted octanol–water partition coefficient (Wildman–Crippen LogP) is 2.14. The van der Waals surface area contributed by atoms with Crippen molar-refractivity contribution in [1.29, 1.82) is 0 Å². The van der Waals surface area contributed by atoms with E-state index in [2.05, 4.69) is 16.8 Å². The number of morpholine rings is 1. The van der Waals surface area contributed by atoms with Crippen molar-refractivity contribution in [2.45, 2.75) is 25.2 Å². The summed E-state index contributed by atoms with van der Waals surface area (Å²) in [7, 11) is 3.65. The summed E-state index contributed by atoms with van der Waals surface area (Å²) in [5, 5.41) is 9.70. The summed E-state index contributed by atoms with van der Waals surface area (Å²) in [6, 6.07) is 11.7. The third kappa shape index (κ3) is 6.73. The highest BCUT2D eigenvalue weighted by molar-refractivity contribution is 5.77. The van der Waals surface area contributed by atoms with E-state index in [9.17, 15) is 14.3 Å². The van der Waals surface area contributed by atoms with Gasteiger partial charge in [0.2, 0.25) is 5.91 Å². The maximum absolute atomic E-state index is 13.4. The lowest BCUT2D eigenvalue weighted by Crippen LogP contribution is -2.58. The molecule has 0 bridgehead atoms. The van der Waals surface area contributed by atoms with E-state index >= 15 is 0 Å². The van der Waals surface area contributed by atoms with E-state index in [0.29, 0.717) is 50.8 Å². The molecular formula is C27H36FN3O5. The molecule has 1 amide bonds. The Morgan fingerprint density at radius 1 is 1.11 bits per heavy atom. The Bertz CT molecular complexity index is 1010. The minimum Gasteiger partial charge on any atom is -0.496 e. The zero-order valence-electron chi connectivity index (χ0n) is 21.1. The van der Waals surface area contributed by atoms with Gasteiger partial charge in [-0.2, -0.15) is 0 Å². The summed E-state index contributed by atoms with van der Waals surface area (Å²) in [4.78, 5) is 19.7. The summed E-state index contributed by atoms with van der Waals surface area (Å²) in [5.41, 5.74) is 0.944. The fraction of sp³-hybridized carbons (Fsp3) is 0.519. The zero-order chi connectivity index (χ0) is 25.5. The quantitative estimate of drug-likeness (QED) is 0.564. The van der Waals surface area contributed by atoms with E-state index in [1.807, 2.05) is 23.1 Å². The van der Waals surface area contributed by atoms with Crippen LogP contribution in [-0.2, 0) is 22.7 Å². The molecule has 2 saturated heterocycles. The molecule has 1 atom stereocenters. The zero-order valence-corrected chi connectivity index (χ0v) is 21.1. The lowest BCUT2D eigenvalue weighted by atomic mass is 9.96. The Kier molecular flexibility index (Phi) is 8.79. The first-order chi connectivity index (χ1) is 17.4. The van der Waals surface area contributed by atoms with Gasteiger partial charge in [0.1, 0.15) is 29.5 Å². The van der Waals surface area contributed by atoms with Crippen LogP contribution in [0.4, 0.5) is 4.39 Å². The fourth-order valence-electron chi connectivity index (χ4n) is 4.80. The fourth-order valence-corrected chi connectivity index (χ4v) is 4.80. The van der Waals surface area contributed by atoms with Gasteiger partial charge in [0, 0.05) is 51.4 Å². The van der Waals surface area contributed by atoms with Crippen molar-refractivity contribution in [3.63, 3.8) is 0 Å². The molecule has 1 N–H and O–H groups in total. The van der Waals surface area contributed by atoms with Gasteiger partial charge in [-0.25, -0.2) is 4.39 Å². The van der Waals surface area contributed by atoms with Crippen LogP contribution in [0.15, 0.2) is 42.5 Å². The molecule has 2 fully saturated rings. The molecule has 4 rings (SSSR count). The van der Waals surface area contributed by atoms with Crippen molar-refractivity contribution >= 4 is 5.91 Å². The first kappa shape index (κ1) is 26.3. The van der Waals surface area contributed by atoms with Crippen molar-refractivity contribution in [1.82, 2.24) is 14.7 Å². The topological polar surface area (TPSA) is 74.7 Å². The van der Waals surface area contributed by atoms with Crippen LogP contribution < -0.4 is 9.47 Å². The van der Waals surface area contributed by atoms with E-state index in [1.54, 1.807) is 19.2 Å². The monoisotopic (exact) mass is 501 g/mol. The average Bonchev–Trinajstić information content (AvgIpc) is 2.89. The van der Waals surface area contributed by atoms with Crippen molar-refractivity contribution in [3.8, 4) is 11.5 Å². The molecule has 0 unspecified atom stereocenters. The summed E-state index contributed by atoms with van der Waals surface area (Å²) in [5.74, 6) is 0.915. The third-order valence-corrected chi connectivity index (χ3v) is 6.89. The van der Waals surface area contributed by atoms with Crippen molar-refractivity contribution in [2.24, 2.45) is 0 Å². The van der Waals surface area contributed by atoms with Gasteiger partial charge >= 0.3 is 0 Å². The highest BCUT2D eigenvalue weighted by Crippen LogP contribution is 2.28. The molecule has 9 heteroatoms. The number of piperazine rings is 1. The summed E-state index contributed by atoms with van der Waals surface area (Å²) in [6.45, 7) is 5.50. The van der Waals surface area contributed by atoms with Crippen LogP contribution in [0.2, 0.25) is 0 Å². The minimum absolute atomic E-state index is 0.0553. The van der Waals surface area contributed by atoms with Crippen molar-refractivity contribution < 1.29 is 28.5 Å². The molecule has 2 heterocycles.